The molecule has 0 fully saturated rings. The summed E-state index contributed by atoms with van der Waals surface area (Å²) in [5.74, 6) is -0.893. The second kappa shape index (κ2) is 15.0. The molecule has 0 rings (SSSR count). The third-order valence-corrected chi connectivity index (χ3v) is 3.21. The highest BCUT2D eigenvalue weighted by Crippen LogP contribution is 2.17. The summed E-state index contributed by atoms with van der Waals surface area (Å²) in [5, 5.41) is 8.75. The third kappa shape index (κ3) is 15.3. The Balaban J connectivity index is 0. The minimum Gasteiger partial charge on any atom is -0.481 e. The van der Waals surface area contributed by atoms with E-state index in [-0.39, 0.29) is 11.9 Å². The molecular formula is C20H36O4. The minimum absolute atomic E-state index is 0.0137. The molecule has 4 heteroatoms. The Bertz CT molecular complexity index is 392. The highest BCUT2D eigenvalue weighted by atomic mass is 16.5. The van der Waals surface area contributed by atoms with Crippen LogP contribution >= 0.6 is 0 Å². The first-order valence-corrected chi connectivity index (χ1v) is 8.91. The molecule has 140 valence electrons. The number of carbonyl (C=O) groups is 2. The number of unbranched alkanes of at least 4 members (excludes halogenated alkanes) is 2. The first-order valence-electron chi connectivity index (χ1n) is 8.91. The van der Waals surface area contributed by atoms with Crippen molar-refractivity contribution in [2.45, 2.75) is 73.6 Å². The van der Waals surface area contributed by atoms with E-state index in [1.54, 1.807) is 19.9 Å². The number of carboxylic acid groups (broad SMARTS) is 1. The molecule has 0 radical (unpaired) electrons. The summed E-state index contributed by atoms with van der Waals surface area (Å²) >= 11 is 0. The molecule has 0 atom stereocenters. The Morgan fingerprint density at radius 2 is 1.71 bits per heavy atom. The topological polar surface area (TPSA) is 63.6 Å². The van der Waals surface area contributed by atoms with Crippen molar-refractivity contribution in [2.24, 2.45) is 11.3 Å². The van der Waals surface area contributed by atoms with E-state index < -0.39 is 11.4 Å². The van der Waals surface area contributed by atoms with Gasteiger partial charge in [-0.15, -0.1) is 0 Å². The minimum atomic E-state index is -0.768. The molecular weight excluding hydrogens is 304 g/mol. The summed E-state index contributed by atoms with van der Waals surface area (Å²) in [7, 11) is 0. The van der Waals surface area contributed by atoms with E-state index in [9.17, 15) is 9.59 Å². The number of rotatable bonds is 10. The van der Waals surface area contributed by atoms with Crippen molar-refractivity contribution < 1.29 is 19.4 Å². The van der Waals surface area contributed by atoms with Crippen molar-refractivity contribution in [1.82, 2.24) is 0 Å². The van der Waals surface area contributed by atoms with E-state index in [1.165, 1.54) is 0 Å². The Morgan fingerprint density at radius 1 is 1.08 bits per heavy atom. The van der Waals surface area contributed by atoms with Crippen LogP contribution in [0.25, 0.3) is 0 Å². The van der Waals surface area contributed by atoms with E-state index in [1.807, 2.05) is 26.0 Å². The van der Waals surface area contributed by atoms with Gasteiger partial charge in [-0.2, -0.15) is 0 Å². The van der Waals surface area contributed by atoms with Crippen molar-refractivity contribution in [3.63, 3.8) is 0 Å². The lowest BCUT2D eigenvalue weighted by molar-refractivity contribution is -0.147. The molecule has 4 nitrogen and oxygen atoms in total. The molecule has 0 aromatic rings. The van der Waals surface area contributed by atoms with E-state index in [2.05, 4.69) is 19.9 Å². The largest absolute Gasteiger partial charge is 0.481 e. The molecule has 0 amide bonds. The predicted octanol–water partition coefficient (Wildman–Crippen LogP) is 5.39. The van der Waals surface area contributed by atoms with Crippen LogP contribution in [0, 0.1) is 11.3 Å². The van der Waals surface area contributed by atoms with Gasteiger partial charge < -0.3 is 9.84 Å². The lowest BCUT2D eigenvalue weighted by Crippen LogP contribution is -2.20. The quantitative estimate of drug-likeness (QED) is 0.329. The van der Waals surface area contributed by atoms with Gasteiger partial charge in [-0.25, -0.2) is 0 Å². The molecule has 24 heavy (non-hydrogen) atoms. The fourth-order valence-corrected chi connectivity index (χ4v) is 1.45. The van der Waals surface area contributed by atoms with Crippen LogP contribution in [0.4, 0.5) is 0 Å². The van der Waals surface area contributed by atoms with Crippen LogP contribution in [0.3, 0.4) is 0 Å². The maximum absolute atomic E-state index is 10.9. The van der Waals surface area contributed by atoms with Crippen LogP contribution in [-0.2, 0) is 14.3 Å². The van der Waals surface area contributed by atoms with Crippen LogP contribution in [-0.4, -0.2) is 23.7 Å². The Labute approximate surface area is 148 Å². The number of aliphatic carboxylic acids is 1. The van der Waals surface area contributed by atoms with Crippen LogP contribution in [0.5, 0.6) is 0 Å². The number of esters is 1. The van der Waals surface area contributed by atoms with E-state index in [4.69, 9.17) is 9.84 Å². The zero-order valence-corrected chi connectivity index (χ0v) is 16.3. The molecule has 0 heterocycles. The molecule has 0 aromatic heterocycles. The van der Waals surface area contributed by atoms with E-state index in [0.717, 1.165) is 32.1 Å². The van der Waals surface area contributed by atoms with Gasteiger partial charge in [0, 0.05) is 0 Å². The van der Waals surface area contributed by atoms with Gasteiger partial charge in [0.05, 0.1) is 17.9 Å². The van der Waals surface area contributed by atoms with Gasteiger partial charge in [-0.05, 0) is 33.1 Å². The first-order chi connectivity index (χ1) is 11.2. The smallest absolute Gasteiger partial charge is 0.312 e. The standard InChI is InChI=1S/2C10H18O2/c1-4-5-6-7-8-10(2,3)9(11)12;1-4-5-6-7-8-12-10(11)9(2)3/h7-8H,4-6H2,1-3H3,(H,11,12);5-6,9H,4,7-8H2,1-3H3/b;6-5-. The van der Waals surface area contributed by atoms with Gasteiger partial charge in [0.15, 0.2) is 0 Å². The lowest BCUT2D eigenvalue weighted by Gasteiger charge is -2.12. The number of ether oxygens (including phenoxy) is 1. The summed E-state index contributed by atoms with van der Waals surface area (Å²) in [5.41, 5.74) is -0.715. The molecule has 0 saturated carbocycles. The molecule has 0 aromatic carbocycles. The number of carbonyl (C=O) groups excluding carboxylic acids is 1. The normalized spacial score (nSPS) is 11.6. The second-order valence-corrected chi connectivity index (χ2v) is 6.56. The fraction of sp³-hybridized carbons (Fsp3) is 0.700. The van der Waals surface area contributed by atoms with Crippen LogP contribution < -0.4 is 0 Å². The predicted molar refractivity (Wildman–Crippen MR) is 99.9 cm³/mol. The van der Waals surface area contributed by atoms with Crippen molar-refractivity contribution >= 4 is 11.9 Å². The van der Waals surface area contributed by atoms with E-state index >= 15 is 0 Å². The molecule has 0 bridgehead atoms. The Hall–Kier alpha value is -1.58. The average Bonchev–Trinajstić information content (AvgIpc) is 2.51. The van der Waals surface area contributed by atoms with Crippen molar-refractivity contribution in [3.8, 4) is 0 Å². The lowest BCUT2D eigenvalue weighted by atomic mass is 9.93. The molecule has 0 aliphatic rings. The van der Waals surface area contributed by atoms with Crippen molar-refractivity contribution in [3.05, 3.63) is 24.3 Å². The number of hydrogen-bond acceptors (Lipinski definition) is 3. The highest BCUT2D eigenvalue weighted by Gasteiger charge is 2.22. The second-order valence-electron chi connectivity index (χ2n) is 6.56. The van der Waals surface area contributed by atoms with Gasteiger partial charge in [0.25, 0.3) is 0 Å². The summed E-state index contributed by atoms with van der Waals surface area (Å²) in [6, 6.07) is 0. The highest BCUT2D eigenvalue weighted by molar-refractivity contribution is 5.75. The zero-order valence-electron chi connectivity index (χ0n) is 16.3. The summed E-state index contributed by atoms with van der Waals surface area (Å²) in [4.78, 5) is 21.6. The van der Waals surface area contributed by atoms with Crippen LogP contribution in [0.1, 0.15) is 73.6 Å². The SMILES string of the molecule is CC/C=C\CCOC(=O)C(C)C.CCCCC=CC(C)(C)C(=O)O. The van der Waals surface area contributed by atoms with Gasteiger partial charge in [-0.1, -0.05) is 64.8 Å². The number of hydrogen-bond donors (Lipinski definition) is 1. The Kier molecular flexibility index (Phi) is 15.4. The van der Waals surface area contributed by atoms with Gasteiger partial charge >= 0.3 is 11.9 Å². The summed E-state index contributed by atoms with van der Waals surface area (Å²) in [6.45, 7) is 11.8. The zero-order chi connectivity index (χ0) is 19.0. The Morgan fingerprint density at radius 3 is 2.17 bits per heavy atom. The summed E-state index contributed by atoms with van der Waals surface area (Å²) < 4.78 is 4.96. The third-order valence-electron chi connectivity index (χ3n) is 3.21. The molecule has 0 spiro atoms. The molecule has 0 aliphatic carbocycles. The fourth-order valence-electron chi connectivity index (χ4n) is 1.45. The molecule has 0 aliphatic heterocycles. The van der Waals surface area contributed by atoms with Crippen LogP contribution in [0.2, 0.25) is 0 Å². The van der Waals surface area contributed by atoms with Crippen molar-refractivity contribution in [2.75, 3.05) is 6.61 Å². The van der Waals surface area contributed by atoms with Crippen molar-refractivity contribution in [1.29, 1.82) is 0 Å². The first kappa shape index (κ1) is 24.7. The maximum Gasteiger partial charge on any atom is 0.312 e. The van der Waals surface area contributed by atoms with E-state index in [0.29, 0.717) is 6.61 Å². The average molecular weight is 341 g/mol. The number of carboxylic acids is 1. The van der Waals surface area contributed by atoms with Gasteiger partial charge in [0.2, 0.25) is 0 Å². The molecule has 0 saturated heterocycles. The summed E-state index contributed by atoms with van der Waals surface area (Å²) in [6.07, 6.45) is 13.0. The molecule has 1 N–H and O–H groups in total. The maximum atomic E-state index is 10.9. The van der Waals surface area contributed by atoms with Gasteiger partial charge in [0.1, 0.15) is 0 Å². The number of allylic oxidation sites excluding steroid dienone is 2. The monoisotopic (exact) mass is 340 g/mol. The van der Waals surface area contributed by atoms with Crippen LogP contribution in [0.15, 0.2) is 24.3 Å². The molecule has 0 unspecified atom stereocenters. The van der Waals surface area contributed by atoms with Gasteiger partial charge in [-0.3, -0.25) is 9.59 Å².